The summed E-state index contributed by atoms with van der Waals surface area (Å²) in [6, 6.07) is 2.84. The van der Waals surface area contributed by atoms with Crippen molar-refractivity contribution in [3.05, 3.63) is 28.0 Å². The molecule has 1 heterocycles. The van der Waals surface area contributed by atoms with Crippen LogP contribution in [0.4, 0.5) is 0 Å². The van der Waals surface area contributed by atoms with Gasteiger partial charge in [0.25, 0.3) is 5.91 Å². The molecule has 0 saturated carbocycles. The van der Waals surface area contributed by atoms with Crippen molar-refractivity contribution in [3.63, 3.8) is 0 Å². The summed E-state index contributed by atoms with van der Waals surface area (Å²) < 4.78 is 10.8. The summed E-state index contributed by atoms with van der Waals surface area (Å²) in [6.45, 7) is 0.347. The average Bonchev–Trinajstić information content (AvgIpc) is 2.15. The Bertz CT molecular complexity index is 406. The van der Waals surface area contributed by atoms with Crippen LogP contribution in [0.2, 0.25) is 10.3 Å². The Morgan fingerprint density at radius 1 is 1.44 bits per heavy atom. The lowest BCUT2D eigenvalue weighted by Crippen LogP contribution is -2.27. The van der Waals surface area contributed by atoms with Gasteiger partial charge in [0.2, 0.25) is 0 Å². The van der Waals surface area contributed by atoms with E-state index in [0.717, 1.165) is 0 Å². The molecule has 1 atom stereocenters. The number of hydrogen-bond acceptors (Lipinski definition) is 3. The fourth-order valence-corrected chi connectivity index (χ4v) is 1.86. The minimum absolute atomic E-state index is 0.164. The summed E-state index contributed by atoms with van der Waals surface area (Å²) in [7, 11) is -0.926. The van der Waals surface area contributed by atoms with Gasteiger partial charge < -0.3 is 5.32 Å². The first-order valence-electron chi connectivity index (χ1n) is 4.40. The lowest BCUT2D eigenvalue weighted by Gasteiger charge is -2.04. The fraction of sp³-hybridized carbons (Fsp3) is 0.333. The van der Waals surface area contributed by atoms with Crippen LogP contribution in [-0.4, -0.2) is 33.7 Å². The molecule has 0 aliphatic rings. The first-order chi connectivity index (χ1) is 7.49. The van der Waals surface area contributed by atoms with Crippen LogP contribution in [0.3, 0.4) is 0 Å². The Hall–Kier alpha value is -0.650. The molecule has 7 heteroatoms. The minimum Gasteiger partial charge on any atom is -0.351 e. The van der Waals surface area contributed by atoms with Crippen molar-refractivity contribution in [2.75, 3.05) is 18.6 Å². The van der Waals surface area contributed by atoms with Gasteiger partial charge in [0.1, 0.15) is 10.3 Å². The van der Waals surface area contributed by atoms with Crippen molar-refractivity contribution in [3.8, 4) is 0 Å². The molecule has 1 N–H and O–H groups in total. The van der Waals surface area contributed by atoms with E-state index in [9.17, 15) is 9.00 Å². The third kappa shape index (κ3) is 4.47. The second-order valence-corrected chi connectivity index (χ2v) is 5.36. The van der Waals surface area contributed by atoms with Gasteiger partial charge in [0, 0.05) is 34.9 Å². The molecule has 88 valence electrons. The number of nitrogens with zero attached hydrogens (tertiary/aromatic N) is 1. The van der Waals surface area contributed by atoms with E-state index in [1.165, 1.54) is 12.1 Å². The minimum atomic E-state index is -0.926. The van der Waals surface area contributed by atoms with E-state index in [4.69, 9.17) is 23.2 Å². The third-order valence-electron chi connectivity index (χ3n) is 1.70. The molecule has 16 heavy (non-hydrogen) atoms. The van der Waals surface area contributed by atoms with E-state index >= 15 is 0 Å². The SMILES string of the molecule is CS(=O)CCNC(=O)c1cc(Cl)nc(Cl)c1. The van der Waals surface area contributed by atoms with Gasteiger partial charge in [-0.25, -0.2) is 4.98 Å². The highest BCUT2D eigenvalue weighted by Gasteiger charge is 2.08. The highest BCUT2D eigenvalue weighted by atomic mass is 35.5. The number of amides is 1. The number of rotatable bonds is 4. The maximum absolute atomic E-state index is 11.6. The van der Waals surface area contributed by atoms with Crippen molar-refractivity contribution < 1.29 is 9.00 Å². The number of pyridine rings is 1. The molecular formula is C9H10Cl2N2O2S. The van der Waals surface area contributed by atoms with E-state index in [1.54, 1.807) is 6.26 Å². The van der Waals surface area contributed by atoms with Crippen LogP contribution in [-0.2, 0) is 10.8 Å². The van der Waals surface area contributed by atoms with Crippen molar-refractivity contribution >= 4 is 39.9 Å². The van der Waals surface area contributed by atoms with Crippen LogP contribution in [0.1, 0.15) is 10.4 Å². The molecule has 1 unspecified atom stereocenters. The summed E-state index contributed by atoms with van der Waals surface area (Å²) in [6.07, 6.45) is 1.58. The van der Waals surface area contributed by atoms with Gasteiger partial charge in [0.05, 0.1) is 0 Å². The van der Waals surface area contributed by atoms with Crippen molar-refractivity contribution in [2.45, 2.75) is 0 Å². The third-order valence-corrected chi connectivity index (χ3v) is 2.87. The molecule has 1 aromatic heterocycles. The van der Waals surface area contributed by atoms with E-state index in [-0.39, 0.29) is 16.2 Å². The molecule has 0 saturated heterocycles. The van der Waals surface area contributed by atoms with Gasteiger partial charge >= 0.3 is 0 Å². The number of carbonyl (C=O) groups is 1. The Balaban J connectivity index is 2.62. The number of aromatic nitrogens is 1. The zero-order chi connectivity index (χ0) is 12.1. The highest BCUT2D eigenvalue weighted by Crippen LogP contribution is 2.14. The molecule has 0 spiro atoms. The Kier molecular flexibility index (Phi) is 5.18. The predicted molar refractivity (Wildman–Crippen MR) is 65.5 cm³/mol. The van der Waals surface area contributed by atoms with Gasteiger partial charge in [-0.2, -0.15) is 0 Å². The van der Waals surface area contributed by atoms with Crippen LogP contribution in [0, 0.1) is 0 Å². The zero-order valence-electron chi connectivity index (χ0n) is 8.50. The van der Waals surface area contributed by atoms with Crippen LogP contribution >= 0.6 is 23.2 Å². The van der Waals surface area contributed by atoms with Gasteiger partial charge in [0.15, 0.2) is 0 Å². The molecule has 1 amide bonds. The van der Waals surface area contributed by atoms with Crippen molar-refractivity contribution in [2.24, 2.45) is 0 Å². The van der Waals surface area contributed by atoms with Gasteiger partial charge in [-0.05, 0) is 12.1 Å². The molecule has 1 aromatic rings. The maximum Gasteiger partial charge on any atom is 0.251 e. The summed E-state index contributed by atoms with van der Waals surface area (Å²) in [5, 5.41) is 2.93. The van der Waals surface area contributed by atoms with E-state index in [2.05, 4.69) is 10.3 Å². The molecule has 4 nitrogen and oxygen atoms in total. The zero-order valence-corrected chi connectivity index (χ0v) is 10.8. The molecule has 1 rings (SSSR count). The van der Waals surface area contributed by atoms with Crippen molar-refractivity contribution in [1.82, 2.24) is 10.3 Å². The fourth-order valence-electron chi connectivity index (χ4n) is 1.01. The van der Waals surface area contributed by atoms with E-state index in [1.807, 2.05) is 0 Å². The number of hydrogen-bond donors (Lipinski definition) is 1. The number of halogens is 2. The monoisotopic (exact) mass is 280 g/mol. The quantitative estimate of drug-likeness (QED) is 0.851. The van der Waals surface area contributed by atoms with Crippen molar-refractivity contribution in [1.29, 1.82) is 0 Å². The first kappa shape index (κ1) is 13.4. The normalized spacial score (nSPS) is 12.2. The Labute approximate surface area is 106 Å². The molecule has 0 aromatic carbocycles. The smallest absolute Gasteiger partial charge is 0.251 e. The van der Waals surface area contributed by atoms with Gasteiger partial charge in [-0.1, -0.05) is 23.2 Å². The van der Waals surface area contributed by atoms with E-state index in [0.29, 0.717) is 17.9 Å². The second-order valence-electron chi connectivity index (χ2n) is 3.03. The Morgan fingerprint density at radius 2 is 2.00 bits per heavy atom. The molecular weight excluding hydrogens is 271 g/mol. The second kappa shape index (κ2) is 6.18. The number of nitrogens with one attached hydrogen (secondary N) is 1. The lowest BCUT2D eigenvalue weighted by atomic mass is 10.2. The van der Waals surface area contributed by atoms with Crippen LogP contribution in [0.5, 0.6) is 0 Å². The molecule has 0 fully saturated rings. The number of carbonyl (C=O) groups excluding carboxylic acids is 1. The summed E-state index contributed by atoms with van der Waals surface area (Å²) in [4.78, 5) is 15.3. The molecule has 0 aliphatic heterocycles. The maximum atomic E-state index is 11.6. The van der Waals surface area contributed by atoms with Crippen LogP contribution < -0.4 is 5.32 Å². The first-order valence-corrected chi connectivity index (χ1v) is 6.88. The molecule has 0 aliphatic carbocycles. The van der Waals surface area contributed by atoms with Gasteiger partial charge in [-0.15, -0.1) is 0 Å². The Morgan fingerprint density at radius 3 is 2.50 bits per heavy atom. The van der Waals surface area contributed by atoms with Gasteiger partial charge in [-0.3, -0.25) is 9.00 Å². The highest BCUT2D eigenvalue weighted by molar-refractivity contribution is 7.84. The van der Waals surface area contributed by atoms with Crippen LogP contribution in [0.15, 0.2) is 12.1 Å². The summed E-state index contributed by atoms with van der Waals surface area (Å²) >= 11 is 11.3. The standard InChI is InChI=1S/C9H10Cl2N2O2S/c1-16(15)3-2-12-9(14)6-4-7(10)13-8(11)5-6/h4-5H,2-3H2,1H3,(H,12,14). The summed E-state index contributed by atoms with van der Waals surface area (Å²) in [5.74, 6) is 0.106. The molecule has 0 bridgehead atoms. The average molecular weight is 281 g/mol. The van der Waals surface area contributed by atoms with E-state index < -0.39 is 10.8 Å². The van der Waals surface area contributed by atoms with Crippen LogP contribution in [0.25, 0.3) is 0 Å². The molecule has 0 radical (unpaired) electrons. The predicted octanol–water partition coefficient (Wildman–Crippen LogP) is 1.50. The lowest BCUT2D eigenvalue weighted by molar-refractivity contribution is 0.0956. The summed E-state index contributed by atoms with van der Waals surface area (Å²) in [5.41, 5.74) is 0.340. The topological polar surface area (TPSA) is 59.1 Å². The largest absolute Gasteiger partial charge is 0.351 e.